The smallest absolute Gasteiger partial charge is 0.220 e. The molecule has 128 valence electrons. The first-order valence-electron chi connectivity index (χ1n) is 8.12. The van der Waals surface area contributed by atoms with E-state index in [2.05, 4.69) is 17.6 Å². The highest BCUT2D eigenvalue weighted by atomic mass is 32.2. The van der Waals surface area contributed by atoms with Crippen molar-refractivity contribution in [2.45, 2.75) is 37.6 Å². The van der Waals surface area contributed by atoms with Gasteiger partial charge in [0.25, 0.3) is 0 Å². The van der Waals surface area contributed by atoms with Crippen molar-refractivity contribution < 1.29 is 13.2 Å². The highest BCUT2D eigenvalue weighted by Crippen LogP contribution is 2.22. The maximum Gasteiger partial charge on any atom is 0.220 e. The molecule has 6 heteroatoms. The zero-order chi connectivity index (χ0) is 16.9. The molecule has 5 nitrogen and oxygen atoms in total. The van der Waals surface area contributed by atoms with Crippen LogP contribution in [0.1, 0.15) is 31.7 Å². The van der Waals surface area contributed by atoms with Crippen molar-refractivity contribution in [2.24, 2.45) is 11.8 Å². The van der Waals surface area contributed by atoms with E-state index in [4.69, 9.17) is 0 Å². The molecule has 0 aliphatic carbocycles. The van der Waals surface area contributed by atoms with Crippen molar-refractivity contribution in [3.05, 3.63) is 29.8 Å². The first kappa shape index (κ1) is 17.9. The topological polar surface area (TPSA) is 75.3 Å². The van der Waals surface area contributed by atoms with Gasteiger partial charge in [0.05, 0.1) is 4.90 Å². The molecule has 1 amide bonds. The molecule has 0 spiro atoms. The molecule has 1 heterocycles. The van der Waals surface area contributed by atoms with Gasteiger partial charge in [0, 0.05) is 19.2 Å². The Balaban J connectivity index is 1.79. The molecule has 0 aromatic heterocycles. The summed E-state index contributed by atoms with van der Waals surface area (Å²) in [5, 5.41) is 6.30. The van der Waals surface area contributed by atoms with E-state index in [1.807, 2.05) is 0 Å². The Morgan fingerprint density at radius 2 is 2.04 bits per heavy atom. The minimum absolute atomic E-state index is 0.0512. The number of nitrogens with one attached hydrogen (secondary N) is 2. The van der Waals surface area contributed by atoms with Crippen LogP contribution in [0.2, 0.25) is 0 Å². The molecular formula is C17H26N2O3S. The van der Waals surface area contributed by atoms with Gasteiger partial charge in [-0.3, -0.25) is 4.79 Å². The maximum absolute atomic E-state index is 12.1. The molecule has 2 N–H and O–H groups in total. The lowest BCUT2D eigenvalue weighted by Crippen LogP contribution is -2.35. The summed E-state index contributed by atoms with van der Waals surface area (Å²) in [6, 6.07) is 6.64. The predicted molar refractivity (Wildman–Crippen MR) is 90.8 cm³/mol. The fourth-order valence-electron chi connectivity index (χ4n) is 2.95. The van der Waals surface area contributed by atoms with Crippen LogP contribution < -0.4 is 10.6 Å². The van der Waals surface area contributed by atoms with Gasteiger partial charge >= 0.3 is 0 Å². The molecule has 1 saturated heterocycles. The van der Waals surface area contributed by atoms with E-state index in [-0.39, 0.29) is 5.91 Å². The number of carbonyl (C=O) groups is 1. The van der Waals surface area contributed by atoms with E-state index in [1.54, 1.807) is 24.3 Å². The Morgan fingerprint density at radius 3 is 2.61 bits per heavy atom. The lowest BCUT2D eigenvalue weighted by atomic mass is 9.85. The van der Waals surface area contributed by atoms with Crippen LogP contribution >= 0.6 is 0 Å². The van der Waals surface area contributed by atoms with E-state index >= 15 is 0 Å². The van der Waals surface area contributed by atoms with Gasteiger partial charge in [-0.1, -0.05) is 19.1 Å². The van der Waals surface area contributed by atoms with Crippen LogP contribution in [-0.2, 0) is 21.2 Å². The van der Waals surface area contributed by atoms with E-state index in [0.717, 1.165) is 18.7 Å². The first-order chi connectivity index (χ1) is 10.9. The zero-order valence-electron chi connectivity index (χ0n) is 13.8. The van der Waals surface area contributed by atoms with Gasteiger partial charge in [-0.25, -0.2) is 8.42 Å². The molecule has 0 radical (unpaired) electrons. The third kappa shape index (κ3) is 5.62. The van der Waals surface area contributed by atoms with Crippen LogP contribution in [0.3, 0.4) is 0 Å². The summed E-state index contributed by atoms with van der Waals surface area (Å²) in [6.45, 7) is 4.65. The van der Waals surface area contributed by atoms with E-state index in [9.17, 15) is 13.2 Å². The van der Waals surface area contributed by atoms with Crippen molar-refractivity contribution in [1.82, 2.24) is 10.6 Å². The van der Waals surface area contributed by atoms with E-state index in [1.165, 1.54) is 19.1 Å². The lowest BCUT2D eigenvalue weighted by Gasteiger charge is -2.28. The molecule has 1 fully saturated rings. The number of hydrogen-bond acceptors (Lipinski definition) is 4. The molecule has 2 unspecified atom stereocenters. The van der Waals surface area contributed by atoms with Crippen molar-refractivity contribution >= 4 is 15.7 Å². The number of sulfone groups is 1. The van der Waals surface area contributed by atoms with Crippen molar-refractivity contribution in [3.8, 4) is 0 Å². The summed E-state index contributed by atoms with van der Waals surface area (Å²) < 4.78 is 22.8. The van der Waals surface area contributed by atoms with Gasteiger partial charge < -0.3 is 10.6 Å². The van der Waals surface area contributed by atoms with Crippen LogP contribution in [-0.4, -0.2) is 33.7 Å². The Kier molecular flexibility index (Phi) is 6.18. The summed E-state index contributed by atoms with van der Waals surface area (Å²) >= 11 is 0. The monoisotopic (exact) mass is 338 g/mol. The van der Waals surface area contributed by atoms with Crippen LogP contribution in [0.5, 0.6) is 0 Å². The van der Waals surface area contributed by atoms with Crippen molar-refractivity contribution in [2.75, 3.05) is 19.3 Å². The van der Waals surface area contributed by atoms with Gasteiger partial charge in [0.1, 0.15) is 0 Å². The standard InChI is InChI=1S/C17H26N2O3S/c1-13(15-4-3-9-18-12-15)10-17(20)19-11-14-5-7-16(8-6-14)23(2,21)22/h5-8,13,15,18H,3-4,9-12H2,1-2H3,(H,19,20). The van der Waals surface area contributed by atoms with E-state index in [0.29, 0.717) is 29.7 Å². The number of piperidine rings is 1. The Hall–Kier alpha value is -1.40. The maximum atomic E-state index is 12.1. The highest BCUT2D eigenvalue weighted by molar-refractivity contribution is 7.90. The van der Waals surface area contributed by atoms with Crippen molar-refractivity contribution in [3.63, 3.8) is 0 Å². The fourth-order valence-corrected chi connectivity index (χ4v) is 3.58. The lowest BCUT2D eigenvalue weighted by molar-refractivity contribution is -0.122. The third-order valence-corrected chi connectivity index (χ3v) is 5.62. The molecule has 1 aliphatic rings. The second-order valence-corrected chi connectivity index (χ2v) is 8.50. The summed E-state index contributed by atoms with van der Waals surface area (Å²) in [5.74, 6) is 0.995. The first-order valence-corrected chi connectivity index (χ1v) is 10.0. The number of amides is 1. The largest absolute Gasteiger partial charge is 0.352 e. The third-order valence-electron chi connectivity index (χ3n) is 4.49. The molecular weight excluding hydrogens is 312 g/mol. The van der Waals surface area contributed by atoms with Gasteiger partial charge in [-0.15, -0.1) is 0 Å². The average Bonchev–Trinajstić information content (AvgIpc) is 2.53. The average molecular weight is 338 g/mol. The molecule has 1 aliphatic heterocycles. The second-order valence-electron chi connectivity index (χ2n) is 6.48. The normalized spacial score (nSPS) is 20.0. The Bertz CT molecular complexity index is 620. The van der Waals surface area contributed by atoms with E-state index < -0.39 is 9.84 Å². The quantitative estimate of drug-likeness (QED) is 0.828. The van der Waals surface area contributed by atoms with Crippen LogP contribution in [0.25, 0.3) is 0 Å². The van der Waals surface area contributed by atoms with Crippen molar-refractivity contribution in [1.29, 1.82) is 0 Å². The fraction of sp³-hybridized carbons (Fsp3) is 0.588. The SMILES string of the molecule is CC(CC(=O)NCc1ccc(S(C)(=O)=O)cc1)C1CCCNC1. The van der Waals surface area contributed by atoms with Crippen LogP contribution in [0.15, 0.2) is 29.2 Å². The van der Waals surface area contributed by atoms with Gasteiger partial charge in [-0.2, -0.15) is 0 Å². The molecule has 2 atom stereocenters. The number of rotatable bonds is 6. The molecule has 0 saturated carbocycles. The zero-order valence-corrected chi connectivity index (χ0v) is 14.7. The Morgan fingerprint density at radius 1 is 1.35 bits per heavy atom. The summed E-state index contributed by atoms with van der Waals surface area (Å²) in [6.07, 6.45) is 4.09. The summed E-state index contributed by atoms with van der Waals surface area (Å²) in [5.41, 5.74) is 0.901. The van der Waals surface area contributed by atoms with Gasteiger partial charge in [-0.05, 0) is 55.5 Å². The highest BCUT2D eigenvalue weighted by Gasteiger charge is 2.21. The minimum Gasteiger partial charge on any atom is -0.352 e. The second kappa shape index (κ2) is 7.93. The van der Waals surface area contributed by atoms with Crippen LogP contribution in [0.4, 0.5) is 0 Å². The molecule has 0 bridgehead atoms. The van der Waals surface area contributed by atoms with Crippen LogP contribution in [0, 0.1) is 11.8 Å². The molecule has 1 aromatic carbocycles. The number of benzene rings is 1. The van der Waals surface area contributed by atoms with Gasteiger partial charge in [0.2, 0.25) is 5.91 Å². The summed E-state index contributed by atoms with van der Waals surface area (Å²) in [7, 11) is -3.17. The molecule has 1 aromatic rings. The number of carbonyl (C=O) groups excluding carboxylic acids is 1. The molecule has 2 rings (SSSR count). The minimum atomic E-state index is -3.17. The summed E-state index contributed by atoms with van der Waals surface area (Å²) in [4.78, 5) is 12.4. The Labute approximate surface area is 138 Å². The molecule has 23 heavy (non-hydrogen) atoms. The van der Waals surface area contributed by atoms with Gasteiger partial charge in [0.15, 0.2) is 9.84 Å². The number of hydrogen-bond donors (Lipinski definition) is 2. The predicted octanol–water partition coefficient (Wildman–Crippen LogP) is 1.73.